The monoisotopic (exact) mass is 296 g/mol. The zero-order chi connectivity index (χ0) is 12.4. The van der Waals surface area contributed by atoms with E-state index in [-0.39, 0.29) is 11.9 Å². The summed E-state index contributed by atoms with van der Waals surface area (Å²) in [5, 5.41) is 3.10. The molecule has 2 rings (SSSR count). The lowest BCUT2D eigenvalue weighted by molar-refractivity contribution is -0.121. The third kappa shape index (κ3) is 2.51. The Balaban J connectivity index is 2.33. The van der Waals surface area contributed by atoms with Crippen molar-refractivity contribution in [1.82, 2.24) is 10.3 Å². The average molecular weight is 297 g/mol. The molecule has 3 nitrogen and oxygen atoms in total. The van der Waals surface area contributed by atoms with Crippen LogP contribution in [0.2, 0.25) is 0 Å². The number of rotatable bonds is 2. The Bertz CT molecular complexity index is 433. The fourth-order valence-electron chi connectivity index (χ4n) is 2.35. The maximum atomic E-state index is 11.6. The van der Waals surface area contributed by atoms with Gasteiger partial charge in [-0.1, -0.05) is 13.8 Å². The number of fused-ring (bicyclic) bond motifs is 1. The van der Waals surface area contributed by atoms with E-state index in [0.29, 0.717) is 12.3 Å². The van der Waals surface area contributed by atoms with E-state index >= 15 is 0 Å². The lowest BCUT2D eigenvalue weighted by atomic mass is 9.81. The van der Waals surface area contributed by atoms with Gasteiger partial charge in [-0.25, -0.2) is 0 Å². The number of pyridine rings is 1. The molecule has 0 aliphatic heterocycles. The lowest BCUT2D eigenvalue weighted by Gasteiger charge is -2.32. The Hall–Kier alpha value is -0.900. The zero-order valence-electron chi connectivity index (χ0n) is 10.2. The Kier molecular flexibility index (Phi) is 3.82. The number of carbonyl (C=O) groups excluding carboxylic acids is 1. The predicted molar refractivity (Wildman–Crippen MR) is 70.6 cm³/mol. The number of nitrogens with zero attached hydrogens (tertiary/aromatic N) is 1. The Morgan fingerprint density at radius 3 is 3.06 bits per heavy atom. The van der Waals surface area contributed by atoms with Gasteiger partial charge in [0.25, 0.3) is 0 Å². The molecule has 1 aliphatic rings. The van der Waals surface area contributed by atoms with Crippen LogP contribution in [0.25, 0.3) is 0 Å². The zero-order valence-corrected chi connectivity index (χ0v) is 11.8. The van der Waals surface area contributed by atoms with E-state index < -0.39 is 0 Å². The van der Waals surface area contributed by atoms with Gasteiger partial charge in [0.2, 0.25) is 5.91 Å². The van der Waals surface area contributed by atoms with Crippen LogP contribution in [-0.2, 0) is 11.2 Å². The standard InChI is InChI=1S/C13H17BrN2O/c1-3-12(17)16-13-8(2)4-5-9-10(13)6-15-7-11(9)14/h6-8,13H,3-5H2,1-2H3,(H,16,17)/t8-,13+/m1/s1. The summed E-state index contributed by atoms with van der Waals surface area (Å²) >= 11 is 3.54. The summed E-state index contributed by atoms with van der Waals surface area (Å²) in [7, 11) is 0. The molecule has 1 aromatic rings. The number of carbonyl (C=O) groups is 1. The van der Waals surface area contributed by atoms with E-state index in [2.05, 4.69) is 33.2 Å². The van der Waals surface area contributed by atoms with Crippen LogP contribution in [0.15, 0.2) is 16.9 Å². The van der Waals surface area contributed by atoms with Gasteiger partial charge in [-0.3, -0.25) is 9.78 Å². The van der Waals surface area contributed by atoms with Crippen molar-refractivity contribution in [2.45, 2.75) is 39.2 Å². The van der Waals surface area contributed by atoms with Crippen LogP contribution >= 0.6 is 15.9 Å². The summed E-state index contributed by atoms with van der Waals surface area (Å²) in [6.45, 7) is 4.06. The number of halogens is 1. The summed E-state index contributed by atoms with van der Waals surface area (Å²) in [5.74, 6) is 0.573. The van der Waals surface area contributed by atoms with Crippen LogP contribution in [0.5, 0.6) is 0 Å². The highest BCUT2D eigenvalue weighted by Crippen LogP contribution is 2.36. The third-order valence-electron chi connectivity index (χ3n) is 3.43. The quantitative estimate of drug-likeness (QED) is 0.912. The molecule has 92 valence electrons. The van der Waals surface area contributed by atoms with Crippen LogP contribution in [0.3, 0.4) is 0 Å². The first kappa shape index (κ1) is 12.6. The molecular formula is C13H17BrN2O. The molecule has 0 radical (unpaired) electrons. The van der Waals surface area contributed by atoms with E-state index in [9.17, 15) is 4.79 Å². The van der Waals surface area contributed by atoms with E-state index in [1.165, 1.54) is 11.1 Å². The van der Waals surface area contributed by atoms with Gasteiger partial charge in [0.1, 0.15) is 0 Å². The highest BCUT2D eigenvalue weighted by atomic mass is 79.9. The highest BCUT2D eigenvalue weighted by molar-refractivity contribution is 9.10. The second kappa shape index (κ2) is 5.17. The van der Waals surface area contributed by atoms with Crippen molar-refractivity contribution in [3.8, 4) is 0 Å². The number of amides is 1. The van der Waals surface area contributed by atoms with E-state index in [1.807, 2.05) is 19.3 Å². The van der Waals surface area contributed by atoms with Gasteiger partial charge in [-0.15, -0.1) is 0 Å². The first-order valence-corrected chi connectivity index (χ1v) is 6.84. The first-order valence-electron chi connectivity index (χ1n) is 6.05. The summed E-state index contributed by atoms with van der Waals surface area (Å²) in [5.41, 5.74) is 2.46. The molecule has 4 heteroatoms. The SMILES string of the molecule is CCC(=O)N[C@@H]1c2cncc(Br)c2CC[C@H]1C. The van der Waals surface area contributed by atoms with Gasteiger partial charge in [0, 0.05) is 23.3 Å². The first-order chi connectivity index (χ1) is 8.13. The smallest absolute Gasteiger partial charge is 0.220 e. The second-order valence-corrected chi connectivity index (χ2v) is 5.46. The summed E-state index contributed by atoms with van der Waals surface area (Å²) in [6, 6.07) is 0.108. The molecule has 17 heavy (non-hydrogen) atoms. The van der Waals surface area contributed by atoms with E-state index in [4.69, 9.17) is 0 Å². The number of hydrogen-bond acceptors (Lipinski definition) is 2. The normalized spacial score (nSPS) is 23.0. The molecule has 0 bridgehead atoms. The second-order valence-electron chi connectivity index (χ2n) is 4.60. The van der Waals surface area contributed by atoms with Gasteiger partial charge in [0.15, 0.2) is 0 Å². The third-order valence-corrected chi connectivity index (χ3v) is 4.11. The van der Waals surface area contributed by atoms with E-state index in [1.54, 1.807) is 0 Å². The molecule has 0 unspecified atom stereocenters. The minimum absolute atomic E-state index is 0.106. The molecular weight excluding hydrogens is 280 g/mol. The van der Waals surface area contributed by atoms with Crippen LogP contribution in [0.1, 0.15) is 43.9 Å². The summed E-state index contributed by atoms with van der Waals surface area (Å²) in [6.07, 6.45) is 6.40. The fourth-order valence-corrected chi connectivity index (χ4v) is 2.89. The van der Waals surface area contributed by atoms with Crippen LogP contribution < -0.4 is 5.32 Å². The molecule has 2 atom stereocenters. The van der Waals surface area contributed by atoms with Gasteiger partial charge in [-0.2, -0.15) is 0 Å². The number of nitrogens with one attached hydrogen (secondary N) is 1. The molecule has 1 aliphatic carbocycles. The van der Waals surface area contributed by atoms with Crippen molar-refractivity contribution in [3.63, 3.8) is 0 Å². The van der Waals surface area contributed by atoms with Crippen molar-refractivity contribution in [3.05, 3.63) is 28.0 Å². The fraction of sp³-hybridized carbons (Fsp3) is 0.538. The summed E-state index contributed by atoms with van der Waals surface area (Å²) < 4.78 is 1.05. The van der Waals surface area contributed by atoms with Crippen molar-refractivity contribution < 1.29 is 4.79 Å². The molecule has 1 amide bonds. The van der Waals surface area contributed by atoms with Crippen molar-refractivity contribution in [2.24, 2.45) is 5.92 Å². The van der Waals surface area contributed by atoms with Gasteiger partial charge >= 0.3 is 0 Å². The van der Waals surface area contributed by atoms with Gasteiger partial charge in [0.05, 0.1) is 6.04 Å². The van der Waals surface area contributed by atoms with E-state index in [0.717, 1.165) is 17.3 Å². The highest BCUT2D eigenvalue weighted by Gasteiger charge is 2.28. The van der Waals surface area contributed by atoms with Gasteiger partial charge in [-0.05, 0) is 45.8 Å². The molecule has 0 fully saturated rings. The van der Waals surface area contributed by atoms with Crippen molar-refractivity contribution in [2.75, 3.05) is 0 Å². The van der Waals surface area contributed by atoms with Crippen molar-refractivity contribution in [1.29, 1.82) is 0 Å². The Labute approximate surface area is 110 Å². The van der Waals surface area contributed by atoms with Crippen LogP contribution in [-0.4, -0.2) is 10.9 Å². The maximum absolute atomic E-state index is 11.6. The van der Waals surface area contributed by atoms with Gasteiger partial charge < -0.3 is 5.32 Å². The Morgan fingerprint density at radius 2 is 2.35 bits per heavy atom. The van der Waals surface area contributed by atoms with Crippen molar-refractivity contribution >= 4 is 21.8 Å². The molecule has 1 N–H and O–H groups in total. The molecule has 0 aromatic carbocycles. The molecule has 0 spiro atoms. The molecule has 1 heterocycles. The minimum atomic E-state index is 0.106. The van der Waals surface area contributed by atoms with Crippen LogP contribution in [0.4, 0.5) is 0 Å². The Morgan fingerprint density at radius 1 is 1.59 bits per heavy atom. The number of hydrogen-bond donors (Lipinski definition) is 1. The summed E-state index contributed by atoms with van der Waals surface area (Å²) in [4.78, 5) is 15.8. The molecule has 0 saturated carbocycles. The topological polar surface area (TPSA) is 42.0 Å². The number of aromatic nitrogens is 1. The average Bonchev–Trinajstić information content (AvgIpc) is 2.33. The largest absolute Gasteiger partial charge is 0.349 e. The van der Waals surface area contributed by atoms with Crippen LogP contribution in [0, 0.1) is 5.92 Å². The predicted octanol–water partition coefficient (Wildman–Crippen LogP) is 2.99. The lowest BCUT2D eigenvalue weighted by Crippen LogP contribution is -2.35. The minimum Gasteiger partial charge on any atom is -0.349 e. The molecule has 1 aromatic heterocycles. The maximum Gasteiger partial charge on any atom is 0.220 e. The molecule has 0 saturated heterocycles.